The van der Waals surface area contributed by atoms with Gasteiger partial charge < -0.3 is 15.1 Å². The van der Waals surface area contributed by atoms with Gasteiger partial charge in [0.05, 0.1) is 6.20 Å². The van der Waals surface area contributed by atoms with Crippen molar-refractivity contribution in [1.82, 2.24) is 9.88 Å². The Balaban J connectivity index is 2.35. The predicted molar refractivity (Wildman–Crippen MR) is 52.4 cm³/mol. The maximum absolute atomic E-state index is 5.35. The van der Waals surface area contributed by atoms with Gasteiger partial charge in [0.15, 0.2) is 0 Å². The largest absolute Gasteiger partial charge is 0.429 e. The Labute approximate surface area is 78.7 Å². The Morgan fingerprint density at radius 2 is 2.31 bits per heavy atom. The molecular weight excluding hydrogens is 166 g/mol. The van der Waals surface area contributed by atoms with E-state index < -0.39 is 0 Å². The Hall–Kier alpha value is -1.03. The zero-order valence-electron chi connectivity index (χ0n) is 8.45. The number of hydrogen-bond acceptors (Lipinski definition) is 4. The molecular formula is C9H17N3O. The Morgan fingerprint density at radius 1 is 1.62 bits per heavy atom. The Kier molecular flexibility index (Phi) is 3.31. The number of hydrogen-bond donors (Lipinski definition) is 1. The summed E-state index contributed by atoms with van der Waals surface area (Å²) < 4.78 is 5.15. The lowest BCUT2D eigenvalue weighted by Gasteiger charge is -2.19. The van der Waals surface area contributed by atoms with Crippen LogP contribution in [-0.2, 0) is 6.42 Å². The molecule has 1 aromatic heterocycles. The molecule has 1 rings (SSSR count). The number of nitrogens with two attached hydrogens (primary N) is 1. The van der Waals surface area contributed by atoms with E-state index in [0.717, 1.165) is 18.7 Å². The van der Waals surface area contributed by atoms with E-state index in [1.165, 1.54) is 0 Å². The topological polar surface area (TPSA) is 55.3 Å². The van der Waals surface area contributed by atoms with E-state index in [1.807, 2.05) is 0 Å². The first-order valence-electron chi connectivity index (χ1n) is 4.50. The third-order valence-corrected chi connectivity index (χ3v) is 2.16. The van der Waals surface area contributed by atoms with Crippen molar-refractivity contribution in [2.24, 2.45) is 0 Å². The van der Waals surface area contributed by atoms with Gasteiger partial charge in [-0.15, -0.1) is 0 Å². The van der Waals surface area contributed by atoms with E-state index in [4.69, 9.17) is 10.2 Å². The summed E-state index contributed by atoms with van der Waals surface area (Å²) in [5, 5.41) is 0. The molecule has 2 N–H and O–H groups in total. The van der Waals surface area contributed by atoms with Gasteiger partial charge in [-0.1, -0.05) is 0 Å². The van der Waals surface area contributed by atoms with Crippen molar-refractivity contribution >= 4 is 6.01 Å². The minimum Gasteiger partial charge on any atom is -0.429 e. The van der Waals surface area contributed by atoms with Crippen molar-refractivity contribution < 1.29 is 4.42 Å². The molecule has 0 aliphatic rings. The van der Waals surface area contributed by atoms with Gasteiger partial charge in [0.25, 0.3) is 6.01 Å². The number of oxazole rings is 1. The molecule has 0 saturated heterocycles. The van der Waals surface area contributed by atoms with Crippen LogP contribution in [0.5, 0.6) is 0 Å². The summed E-state index contributed by atoms with van der Waals surface area (Å²) in [6, 6.07) is 0.808. The third-order valence-electron chi connectivity index (χ3n) is 2.16. The van der Waals surface area contributed by atoms with Crippen LogP contribution in [0.15, 0.2) is 10.6 Å². The highest BCUT2D eigenvalue weighted by atomic mass is 16.4. The third kappa shape index (κ3) is 3.06. The van der Waals surface area contributed by atoms with E-state index in [1.54, 1.807) is 6.20 Å². The van der Waals surface area contributed by atoms with Gasteiger partial charge >= 0.3 is 0 Å². The fourth-order valence-corrected chi connectivity index (χ4v) is 0.983. The van der Waals surface area contributed by atoms with E-state index in [9.17, 15) is 0 Å². The number of rotatable bonds is 4. The van der Waals surface area contributed by atoms with Crippen LogP contribution in [0, 0.1) is 0 Å². The summed E-state index contributed by atoms with van der Waals surface area (Å²) in [4.78, 5) is 6.08. The first kappa shape index (κ1) is 10.1. The average molecular weight is 183 g/mol. The molecule has 0 radical (unpaired) electrons. The van der Waals surface area contributed by atoms with Crippen molar-refractivity contribution in [3.05, 3.63) is 12.0 Å². The molecule has 13 heavy (non-hydrogen) atoms. The number of anilines is 1. The second kappa shape index (κ2) is 4.28. The quantitative estimate of drug-likeness (QED) is 0.760. The van der Waals surface area contributed by atoms with Gasteiger partial charge in [-0.05, 0) is 20.9 Å². The van der Waals surface area contributed by atoms with Crippen LogP contribution in [0.3, 0.4) is 0 Å². The highest BCUT2D eigenvalue weighted by Crippen LogP contribution is 2.06. The molecule has 1 aromatic rings. The van der Waals surface area contributed by atoms with E-state index >= 15 is 0 Å². The van der Waals surface area contributed by atoms with E-state index in [0.29, 0.717) is 6.04 Å². The lowest BCUT2D eigenvalue weighted by Crippen LogP contribution is -2.28. The van der Waals surface area contributed by atoms with Crippen LogP contribution in [-0.4, -0.2) is 29.5 Å². The summed E-state index contributed by atoms with van der Waals surface area (Å²) in [7, 11) is 2.09. The van der Waals surface area contributed by atoms with Gasteiger partial charge in [-0.3, -0.25) is 0 Å². The lowest BCUT2D eigenvalue weighted by molar-refractivity contribution is 0.271. The maximum atomic E-state index is 5.35. The summed E-state index contributed by atoms with van der Waals surface area (Å²) in [5.74, 6) is 0.852. The van der Waals surface area contributed by atoms with Crippen molar-refractivity contribution in [2.75, 3.05) is 19.3 Å². The molecule has 1 heterocycles. The summed E-state index contributed by atoms with van der Waals surface area (Å²) in [6.07, 6.45) is 2.54. The smallest absolute Gasteiger partial charge is 0.292 e. The molecule has 0 unspecified atom stereocenters. The molecule has 0 fully saturated rings. The number of likely N-dealkylation sites (N-methyl/N-ethyl adjacent to an activating group) is 1. The van der Waals surface area contributed by atoms with Crippen LogP contribution in [0.1, 0.15) is 19.6 Å². The molecule has 4 heteroatoms. The summed E-state index contributed by atoms with van der Waals surface area (Å²) >= 11 is 0. The molecule has 0 spiro atoms. The van der Waals surface area contributed by atoms with Gasteiger partial charge in [-0.2, -0.15) is 0 Å². The molecule has 4 nitrogen and oxygen atoms in total. The highest BCUT2D eigenvalue weighted by Gasteiger charge is 2.05. The van der Waals surface area contributed by atoms with Gasteiger partial charge in [0.2, 0.25) is 0 Å². The molecule has 0 aliphatic heterocycles. The van der Waals surface area contributed by atoms with E-state index in [2.05, 4.69) is 30.8 Å². The number of aromatic nitrogens is 1. The monoisotopic (exact) mass is 183 g/mol. The van der Waals surface area contributed by atoms with Crippen LogP contribution < -0.4 is 5.73 Å². The maximum Gasteiger partial charge on any atom is 0.292 e. The van der Waals surface area contributed by atoms with Crippen molar-refractivity contribution in [1.29, 1.82) is 0 Å². The van der Waals surface area contributed by atoms with Gasteiger partial charge in [0.1, 0.15) is 5.76 Å². The molecule has 0 amide bonds. The predicted octanol–water partition coefficient (Wildman–Crippen LogP) is 1.14. The van der Waals surface area contributed by atoms with E-state index in [-0.39, 0.29) is 6.01 Å². The minimum absolute atomic E-state index is 0.252. The van der Waals surface area contributed by atoms with Crippen LogP contribution in [0.25, 0.3) is 0 Å². The summed E-state index contributed by atoms with van der Waals surface area (Å²) in [5.41, 5.74) is 5.35. The van der Waals surface area contributed by atoms with Crippen molar-refractivity contribution in [3.8, 4) is 0 Å². The van der Waals surface area contributed by atoms with Crippen LogP contribution in [0.4, 0.5) is 6.01 Å². The Bertz CT molecular complexity index is 257. The van der Waals surface area contributed by atoms with Gasteiger partial charge in [0, 0.05) is 19.0 Å². The second-order valence-corrected chi connectivity index (χ2v) is 3.49. The zero-order valence-corrected chi connectivity index (χ0v) is 8.45. The molecule has 0 aliphatic carbocycles. The molecule has 0 bridgehead atoms. The molecule has 0 atom stereocenters. The highest BCUT2D eigenvalue weighted by molar-refractivity contribution is 5.11. The lowest BCUT2D eigenvalue weighted by atomic mass is 10.3. The fraction of sp³-hybridized carbons (Fsp3) is 0.667. The average Bonchev–Trinajstić information content (AvgIpc) is 2.47. The van der Waals surface area contributed by atoms with Crippen molar-refractivity contribution in [2.45, 2.75) is 26.3 Å². The standard InChI is InChI=1S/C9H17N3O/c1-7(2)12(3)5-4-8-6-11-9(10)13-8/h6-7H,4-5H2,1-3H3,(H2,10,11). The zero-order chi connectivity index (χ0) is 9.84. The Morgan fingerprint density at radius 3 is 2.77 bits per heavy atom. The summed E-state index contributed by atoms with van der Waals surface area (Å²) in [6.45, 7) is 5.29. The normalized spacial score (nSPS) is 11.5. The minimum atomic E-state index is 0.252. The second-order valence-electron chi connectivity index (χ2n) is 3.49. The van der Waals surface area contributed by atoms with Crippen LogP contribution in [0.2, 0.25) is 0 Å². The molecule has 0 saturated carbocycles. The molecule has 74 valence electrons. The van der Waals surface area contributed by atoms with Crippen molar-refractivity contribution in [3.63, 3.8) is 0 Å². The number of nitrogen functional groups attached to an aromatic ring is 1. The SMILES string of the molecule is CC(C)N(C)CCc1cnc(N)o1. The first-order valence-corrected chi connectivity index (χ1v) is 4.50. The van der Waals surface area contributed by atoms with Gasteiger partial charge in [-0.25, -0.2) is 4.98 Å². The fourth-order valence-electron chi connectivity index (χ4n) is 0.983. The van der Waals surface area contributed by atoms with Crippen LogP contribution >= 0.6 is 0 Å². The first-order chi connectivity index (χ1) is 6.09. The molecule has 0 aromatic carbocycles. The number of nitrogens with zero attached hydrogens (tertiary/aromatic N) is 2.